The van der Waals surface area contributed by atoms with Gasteiger partial charge in [0.1, 0.15) is 12.4 Å². The first kappa shape index (κ1) is 20.0. The minimum atomic E-state index is 0. The van der Waals surface area contributed by atoms with Gasteiger partial charge in [0.05, 0.1) is 13.2 Å². The van der Waals surface area contributed by atoms with Gasteiger partial charge in [-0.25, -0.2) is 0 Å². The number of nitrogens with zero attached hydrogens (tertiary/aromatic N) is 2. The quantitative estimate of drug-likeness (QED) is 0.402. The van der Waals surface area contributed by atoms with Crippen LogP contribution in [-0.2, 0) is 11.3 Å². The van der Waals surface area contributed by atoms with E-state index >= 15 is 0 Å². The van der Waals surface area contributed by atoms with E-state index in [0.717, 1.165) is 50.1 Å². The van der Waals surface area contributed by atoms with E-state index in [1.54, 1.807) is 7.05 Å². The largest absolute Gasteiger partial charge is 0.492 e. The SMILES string of the molecule is CN=C(NC)NCc1ccccc1OCCN1CCOCC1.I. The van der Waals surface area contributed by atoms with Crippen molar-refractivity contribution in [2.45, 2.75) is 6.54 Å². The Labute approximate surface area is 155 Å². The van der Waals surface area contributed by atoms with Gasteiger partial charge in [0.25, 0.3) is 0 Å². The minimum Gasteiger partial charge on any atom is -0.492 e. The molecule has 130 valence electrons. The minimum absolute atomic E-state index is 0. The number of nitrogens with one attached hydrogen (secondary N) is 2. The van der Waals surface area contributed by atoms with E-state index in [2.05, 4.69) is 26.6 Å². The Bertz CT molecular complexity index is 479. The normalized spacial score (nSPS) is 15.7. The van der Waals surface area contributed by atoms with Crippen LogP contribution in [0.1, 0.15) is 5.56 Å². The number of halogens is 1. The van der Waals surface area contributed by atoms with E-state index in [-0.39, 0.29) is 24.0 Å². The average molecular weight is 434 g/mol. The molecule has 0 atom stereocenters. The Morgan fingerprint density at radius 3 is 2.74 bits per heavy atom. The molecule has 1 aliphatic heterocycles. The monoisotopic (exact) mass is 434 g/mol. The lowest BCUT2D eigenvalue weighted by Gasteiger charge is -2.26. The predicted molar refractivity (Wildman–Crippen MR) is 104 cm³/mol. The van der Waals surface area contributed by atoms with Gasteiger partial charge in [-0.15, -0.1) is 24.0 Å². The highest BCUT2D eigenvalue weighted by molar-refractivity contribution is 14.0. The van der Waals surface area contributed by atoms with Crippen LogP contribution in [0.2, 0.25) is 0 Å². The van der Waals surface area contributed by atoms with E-state index in [9.17, 15) is 0 Å². The lowest BCUT2D eigenvalue weighted by Crippen LogP contribution is -2.38. The van der Waals surface area contributed by atoms with Crippen LogP contribution in [0, 0.1) is 0 Å². The van der Waals surface area contributed by atoms with Crippen LogP contribution < -0.4 is 15.4 Å². The number of morpholine rings is 1. The maximum atomic E-state index is 5.96. The highest BCUT2D eigenvalue weighted by atomic mass is 127. The highest BCUT2D eigenvalue weighted by Crippen LogP contribution is 2.17. The second kappa shape index (κ2) is 11.5. The van der Waals surface area contributed by atoms with Crippen molar-refractivity contribution in [2.75, 3.05) is 53.6 Å². The summed E-state index contributed by atoms with van der Waals surface area (Å²) in [5.41, 5.74) is 1.13. The van der Waals surface area contributed by atoms with Gasteiger partial charge >= 0.3 is 0 Å². The van der Waals surface area contributed by atoms with Crippen LogP contribution >= 0.6 is 24.0 Å². The first-order chi connectivity index (χ1) is 10.8. The molecule has 6 nitrogen and oxygen atoms in total. The van der Waals surface area contributed by atoms with E-state index in [1.165, 1.54) is 0 Å². The molecule has 1 aromatic rings. The first-order valence-electron chi connectivity index (χ1n) is 7.72. The van der Waals surface area contributed by atoms with Crippen LogP contribution in [0.5, 0.6) is 5.75 Å². The summed E-state index contributed by atoms with van der Waals surface area (Å²) in [6, 6.07) is 8.10. The number of benzene rings is 1. The number of para-hydroxylation sites is 1. The van der Waals surface area contributed by atoms with Crippen LogP contribution in [0.25, 0.3) is 0 Å². The van der Waals surface area contributed by atoms with Crippen molar-refractivity contribution in [3.8, 4) is 5.75 Å². The van der Waals surface area contributed by atoms with E-state index < -0.39 is 0 Å². The van der Waals surface area contributed by atoms with Gasteiger partial charge < -0.3 is 20.1 Å². The average Bonchev–Trinajstić information content (AvgIpc) is 2.58. The van der Waals surface area contributed by atoms with Gasteiger partial charge in [0.2, 0.25) is 0 Å². The molecule has 0 amide bonds. The summed E-state index contributed by atoms with van der Waals surface area (Å²) in [6.45, 7) is 5.94. The molecule has 0 radical (unpaired) electrons. The van der Waals surface area contributed by atoms with Crippen molar-refractivity contribution in [2.24, 2.45) is 4.99 Å². The molecule has 1 saturated heterocycles. The van der Waals surface area contributed by atoms with Crippen LogP contribution in [0.15, 0.2) is 29.3 Å². The fourth-order valence-electron chi connectivity index (χ4n) is 2.36. The standard InChI is InChI=1S/C16H26N4O2.HI/c1-17-16(18-2)19-13-14-5-3-4-6-15(14)22-12-9-20-7-10-21-11-8-20;/h3-6H,7-13H2,1-2H3,(H2,17,18,19);1H. The Kier molecular flexibility index (Phi) is 9.97. The van der Waals surface area contributed by atoms with Gasteiger partial charge in [-0.2, -0.15) is 0 Å². The molecule has 0 saturated carbocycles. The van der Waals surface area contributed by atoms with Crippen LogP contribution in [-0.4, -0.2) is 64.4 Å². The summed E-state index contributed by atoms with van der Waals surface area (Å²) in [7, 11) is 3.60. The summed E-state index contributed by atoms with van der Waals surface area (Å²) < 4.78 is 11.3. The van der Waals surface area contributed by atoms with Gasteiger partial charge in [-0.1, -0.05) is 18.2 Å². The number of aliphatic imine (C=N–C) groups is 1. The fourth-order valence-corrected chi connectivity index (χ4v) is 2.36. The maximum Gasteiger partial charge on any atom is 0.190 e. The first-order valence-corrected chi connectivity index (χ1v) is 7.72. The maximum absolute atomic E-state index is 5.96. The second-order valence-electron chi connectivity index (χ2n) is 5.09. The molecular formula is C16H27IN4O2. The van der Waals surface area contributed by atoms with Gasteiger partial charge in [-0.05, 0) is 6.07 Å². The Morgan fingerprint density at radius 1 is 1.30 bits per heavy atom. The molecule has 0 bridgehead atoms. The highest BCUT2D eigenvalue weighted by Gasteiger charge is 2.10. The summed E-state index contributed by atoms with van der Waals surface area (Å²) >= 11 is 0. The summed E-state index contributed by atoms with van der Waals surface area (Å²) in [4.78, 5) is 6.48. The second-order valence-corrected chi connectivity index (χ2v) is 5.09. The Morgan fingerprint density at radius 2 is 2.04 bits per heavy atom. The number of hydrogen-bond acceptors (Lipinski definition) is 4. The van der Waals surface area contributed by atoms with Crippen molar-refractivity contribution in [3.63, 3.8) is 0 Å². The number of hydrogen-bond donors (Lipinski definition) is 2. The molecule has 23 heavy (non-hydrogen) atoms. The molecule has 7 heteroatoms. The topological polar surface area (TPSA) is 58.1 Å². The van der Waals surface area contributed by atoms with Crippen molar-refractivity contribution < 1.29 is 9.47 Å². The molecule has 0 aromatic heterocycles. The third-order valence-corrected chi connectivity index (χ3v) is 3.65. The molecule has 2 N–H and O–H groups in total. The molecular weight excluding hydrogens is 407 g/mol. The number of guanidine groups is 1. The molecule has 1 heterocycles. The molecule has 0 unspecified atom stereocenters. The molecule has 0 spiro atoms. The van der Waals surface area contributed by atoms with Crippen molar-refractivity contribution in [3.05, 3.63) is 29.8 Å². The van der Waals surface area contributed by atoms with Gasteiger partial charge in [0, 0.05) is 45.8 Å². The van der Waals surface area contributed by atoms with Crippen LogP contribution in [0.3, 0.4) is 0 Å². The van der Waals surface area contributed by atoms with E-state index in [0.29, 0.717) is 13.2 Å². The summed E-state index contributed by atoms with van der Waals surface area (Å²) in [5.74, 6) is 1.69. The third kappa shape index (κ3) is 6.92. The zero-order valence-electron chi connectivity index (χ0n) is 13.9. The molecule has 0 aliphatic carbocycles. The summed E-state index contributed by atoms with van der Waals surface area (Å²) in [5, 5.41) is 6.25. The number of ether oxygens (including phenoxy) is 2. The predicted octanol–water partition coefficient (Wildman–Crippen LogP) is 1.31. The smallest absolute Gasteiger partial charge is 0.190 e. The third-order valence-electron chi connectivity index (χ3n) is 3.65. The van der Waals surface area contributed by atoms with Crippen LogP contribution in [0.4, 0.5) is 0 Å². The van der Waals surface area contributed by atoms with Crippen molar-refractivity contribution in [1.29, 1.82) is 0 Å². The van der Waals surface area contributed by atoms with Gasteiger partial charge in [0.15, 0.2) is 5.96 Å². The fraction of sp³-hybridized carbons (Fsp3) is 0.562. The van der Waals surface area contributed by atoms with E-state index in [4.69, 9.17) is 9.47 Å². The zero-order valence-corrected chi connectivity index (χ0v) is 16.2. The summed E-state index contributed by atoms with van der Waals surface area (Å²) in [6.07, 6.45) is 0. The molecule has 1 fully saturated rings. The lowest BCUT2D eigenvalue weighted by atomic mass is 10.2. The van der Waals surface area contributed by atoms with Crippen molar-refractivity contribution >= 4 is 29.9 Å². The van der Waals surface area contributed by atoms with E-state index in [1.807, 2.05) is 25.2 Å². The number of rotatable bonds is 6. The molecule has 1 aliphatic rings. The van der Waals surface area contributed by atoms with Crippen molar-refractivity contribution in [1.82, 2.24) is 15.5 Å². The molecule has 2 rings (SSSR count). The van der Waals surface area contributed by atoms with Gasteiger partial charge in [-0.3, -0.25) is 9.89 Å². The Balaban J connectivity index is 0.00000264. The Hall–Kier alpha value is -1.06. The zero-order chi connectivity index (χ0) is 15.6. The lowest BCUT2D eigenvalue weighted by molar-refractivity contribution is 0.0322. The molecule has 1 aromatic carbocycles.